The first-order valence-electron chi connectivity index (χ1n) is 4.94. The smallest absolute Gasteiger partial charge is 0.274 e. The van der Waals surface area contributed by atoms with Gasteiger partial charge in [0.25, 0.3) is 6.20 Å². The number of aromatic nitrogens is 1. The normalized spacial score (nSPS) is 13.0. The van der Waals surface area contributed by atoms with Crippen molar-refractivity contribution in [2.45, 2.75) is 13.0 Å². The first-order valence-corrected chi connectivity index (χ1v) is 5.31. The Morgan fingerprint density at radius 2 is 2.35 bits per heavy atom. The maximum absolute atomic E-state index is 10.4. The van der Waals surface area contributed by atoms with E-state index in [1.165, 1.54) is 0 Å². The second kappa shape index (κ2) is 6.05. The number of halogens is 1. The van der Waals surface area contributed by atoms with Gasteiger partial charge in [0, 0.05) is 13.2 Å². The van der Waals surface area contributed by atoms with Crippen LogP contribution in [0.25, 0.3) is 0 Å². The number of hydrogen-bond acceptors (Lipinski definition) is 5. The van der Waals surface area contributed by atoms with Crippen LogP contribution in [0.5, 0.6) is 0 Å². The fourth-order valence-corrected chi connectivity index (χ4v) is 1.35. The van der Waals surface area contributed by atoms with E-state index in [9.17, 15) is 10.1 Å². The third-order valence-electron chi connectivity index (χ3n) is 2.13. The molecular formula is C10H13ClN4O2. The van der Waals surface area contributed by atoms with Crippen molar-refractivity contribution in [3.8, 4) is 0 Å². The van der Waals surface area contributed by atoms with Crippen molar-refractivity contribution < 1.29 is 4.92 Å². The van der Waals surface area contributed by atoms with Crippen molar-refractivity contribution >= 4 is 11.6 Å². The van der Waals surface area contributed by atoms with Gasteiger partial charge in [-0.2, -0.15) is 0 Å². The highest BCUT2D eigenvalue weighted by molar-refractivity contribution is 6.29. The van der Waals surface area contributed by atoms with Crippen molar-refractivity contribution in [2.75, 3.05) is 7.05 Å². The predicted octanol–water partition coefficient (Wildman–Crippen LogP) is 1.68. The maximum Gasteiger partial charge on any atom is 0.274 e. The number of nitrogens with zero attached hydrogens (tertiary/aromatic N) is 2. The summed E-state index contributed by atoms with van der Waals surface area (Å²) in [6.07, 6.45) is 2.50. The molecule has 0 aliphatic heterocycles. The molecule has 0 aromatic carbocycles. The van der Waals surface area contributed by atoms with E-state index in [4.69, 9.17) is 11.6 Å². The zero-order chi connectivity index (χ0) is 12.8. The first kappa shape index (κ1) is 13.2. The molecule has 0 radical (unpaired) electrons. The van der Waals surface area contributed by atoms with Crippen LogP contribution in [-0.4, -0.2) is 17.0 Å². The molecule has 0 aliphatic carbocycles. The molecular weight excluding hydrogens is 244 g/mol. The van der Waals surface area contributed by atoms with Crippen LogP contribution in [0.15, 0.2) is 30.4 Å². The predicted molar refractivity (Wildman–Crippen MR) is 64.9 cm³/mol. The molecule has 1 aromatic heterocycles. The van der Waals surface area contributed by atoms with Crippen LogP contribution in [0.1, 0.15) is 18.5 Å². The van der Waals surface area contributed by atoms with Crippen molar-refractivity contribution in [3.63, 3.8) is 0 Å². The Labute approximate surface area is 104 Å². The number of hydrogen-bond donors (Lipinski definition) is 2. The molecule has 1 rings (SSSR count). The average Bonchev–Trinajstić information content (AvgIpc) is 2.28. The van der Waals surface area contributed by atoms with E-state index in [2.05, 4.69) is 15.6 Å². The van der Waals surface area contributed by atoms with Gasteiger partial charge < -0.3 is 10.6 Å². The molecule has 1 atom stereocenters. The molecule has 0 saturated carbocycles. The molecule has 0 spiro atoms. The average molecular weight is 257 g/mol. The lowest BCUT2D eigenvalue weighted by Crippen LogP contribution is -2.27. The first-order chi connectivity index (χ1) is 8.02. The molecule has 2 N–H and O–H groups in total. The summed E-state index contributed by atoms with van der Waals surface area (Å²) in [6.45, 7) is 1.87. The van der Waals surface area contributed by atoms with Gasteiger partial charge in [0.1, 0.15) is 5.15 Å². The molecule has 0 fully saturated rings. The Morgan fingerprint density at radius 1 is 1.65 bits per heavy atom. The Balaban J connectivity index is 2.74. The highest BCUT2D eigenvalue weighted by Gasteiger charge is 2.08. The van der Waals surface area contributed by atoms with Crippen LogP contribution in [0.3, 0.4) is 0 Å². The van der Waals surface area contributed by atoms with E-state index in [0.29, 0.717) is 11.0 Å². The van der Waals surface area contributed by atoms with Gasteiger partial charge in [-0.1, -0.05) is 17.7 Å². The van der Waals surface area contributed by atoms with Gasteiger partial charge in [0.05, 0.1) is 11.0 Å². The summed E-state index contributed by atoms with van der Waals surface area (Å²) < 4.78 is 0. The second-order valence-electron chi connectivity index (χ2n) is 3.36. The molecule has 0 bridgehead atoms. The van der Waals surface area contributed by atoms with Crippen LogP contribution < -0.4 is 10.6 Å². The molecule has 6 nitrogen and oxygen atoms in total. The Morgan fingerprint density at radius 3 is 2.82 bits per heavy atom. The second-order valence-corrected chi connectivity index (χ2v) is 3.75. The van der Waals surface area contributed by atoms with Gasteiger partial charge in [0.15, 0.2) is 5.82 Å². The molecule has 1 aromatic rings. The minimum atomic E-state index is -0.522. The lowest BCUT2D eigenvalue weighted by atomic mass is 10.1. The monoisotopic (exact) mass is 256 g/mol. The van der Waals surface area contributed by atoms with Crippen LogP contribution in [0, 0.1) is 10.1 Å². The number of pyridine rings is 1. The quantitative estimate of drug-likeness (QED) is 0.476. The summed E-state index contributed by atoms with van der Waals surface area (Å²) in [5.41, 5.74) is 0.888. The van der Waals surface area contributed by atoms with Gasteiger partial charge in [-0.3, -0.25) is 10.1 Å². The van der Waals surface area contributed by atoms with E-state index in [1.807, 2.05) is 13.0 Å². The minimum Gasteiger partial charge on any atom is -0.370 e. The summed E-state index contributed by atoms with van der Waals surface area (Å²) in [4.78, 5) is 13.8. The number of rotatable bonds is 5. The van der Waals surface area contributed by atoms with Gasteiger partial charge in [-0.15, -0.1) is 0 Å². The fourth-order valence-electron chi connectivity index (χ4n) is 1.24. The van der Waals surface area contributed by atoms with Crippen molar-refractivity contribution in [1.82, 2.24) is 15.6 Å². The maximum atomic E-state index is 10.4. The summed E-state index contributed by atoms with van der Waals surface area (Å²) in [5.74, 6) is 0.331. The molecule has 7 heteroatoms. The lowest BCUT2D eigenvalue weighted by molar-refractivity contribution is -0.404. The number of nitrogens with one attached hydrogen (secondary N) is 2. The van der Waals surface area contributed by atoms with Crippen LogP contribution in [0.4, 0.5) is 0 Å². The molecule has 1 unspecified atom stereocenters. The largest absolute Gasteiger partial charge is 0.370 e. The zero-order valence-corrected chi connectivity index (χ0v) is 10.2. The topological polar surface area (TPSA) is 80.1 Å². The van der Waals surface area contributed by atoms with Crippen LogP contribution in [-0.2, 0) is 0 Å². The summed E-state index contributed by atoms with van der Waals surface area (Å²) in [6, 6.07) is 3.37. The Kier molecular flexibility index (Phi) is 4.71. The lowest BCUT2D eigenvalue weighted by Gasteiger charge is -2.16. The summed E-state index contributed by atoms with van der Waals surface area (Å²) in [5, 5.41) is 16.4. The van der Waals surface area contributed by atoms with Crippen LogP contribution in [0.2, 0.25) is 5.15 Å². The van der Waals surface area contributed by atoms with Gasteiger partial charge in [-0.25, -0.2) is 4.98 Å². The van der Waals surface area contributed by atoms with Gasteiger partial charge >= 0.3 is 0 Å². The van der Waals surface area contributed by atoms with Crippen molar-refractivity contribution in [2.24, 2.45) is 0 Å². The highest BCUT2D eigenvalue weighted by Crippen LogP contribution is 2.14. The van der Waals surface area contributed by atoms with E-state index in [1.54, 1.807) is 19.3 Å². The van der Waals surface area contributed by atoms with E-state index >= 15 is 0 Å². The summed E-state index contributed by atoms with van der Waals surface area (Å²) in [7, 11) is 1.61. The molecule has 92 valence electrons. The Bertz CT molecular complexity index is 419. The molecule has 0 aliphatic rings. The molecule has 0 amide bonds. The van der Waals surface area contributed by atoms with E-state index in [0.717, 1.165) is 11.8 Å². The van der Waals surface area contributed by atoms with Gasteiger partial charge in [0.2, 0.25) is 0 Å². The van der Waals surface area contributed by atoms with Crippen molar-refractivity contribution in [3.05, 3.63) is 51.2 Å². The van der Waals surface area contributed by atoms with E-state index in [-0.39, 0.29) is 6.04 Å². The SMILES string of the molecule is CNC(=C[N+](=O)[O-])NC(C)c1ccc(Cl)nc1. The minimum absolute atomic E-state index is 0.113. The fraction of sp³-hybridized carbons (Fsp3) is 0.300. The Hall–Kier alpha value is -1.82. The standard InChI is InChI=1S/C10H13ClN4O2/c1-7(8-3-4-9(11)13-5-8)14-10(12-2)6-15(16)17/h3-7,12,14H,1-2H3. The molecule has 17 heavy (non-hydrogen) atoms. The highest BCUT2D eigenvalue weighted by atomic mass is 35.5. The summed E-state index contributed by atoms with van der Waals surface area (Å²) >= 11 is 5.67. The zero-order valence-electron chi connectivity index (χ0n) is 9.48. The van der Waals surface area contributed by atoms with Crippen molar-refractivity contribution in [1.29, 1.82) is 0 Å². The van der Waals surface area contributed by atoms with Crippen LogP contribution >= 0.6 is 11.6 Å². The third kappa shape index (κ3) is 4.28. The van der Waals surface area contributed by atoms with Gasteiger partial charge in [-0.05, 0) is 18.6 Å². The molecule has 1 heterocycles. The van der Waals surface area contributed by atoms with E-state index < -0.39 is 4.92 Å². The number of nitro groups is 1. The third-order valence-corrected chi connectivity index (χ3v) is 2.35. The molecule has 0 saturated heterocycles.